The summed E-state index contributed by atoms with van der Waals surface area (Å²) in [5, 5.41) is 10.5. The summed E-state index contributed by atoms with van der Waals surface area (Å²) in [7, 11) is 0. The van der Waals surface area contributed by atoms with E-state index in [2.05, 4.69) is 4.98 Å². The molecule has 1 unspecified atom stereocenters. The van der Waals surface area contributed by atoms with E-state index in [0.717, 1.165) is 5.56 Å². The van der Waals surface area contributed by atoms with Gasteiger partial charge in [0.25, 0.3) is 0 Å². The number of aromatic nitrogens is 1. The number of anilines is 1. The van der Waals surface area contributed by atoms with Crippen molar-refractivity contribution in [2.45, 2.75) is 13.0 Å². The maximum atomic E-state index is 13.1. The fourth-order valence-electron chi connectivity index (χ4n) is 1.49. The largest absolute Gasteiger partial charge is 0.383 e. The Kier molecular flexibility index (Phi) is 2.89. The quantitative estimate of drug-likeness (QED) is 0.843. The molecule has 3 N–H and O–H groups in total. The highest BCUT2D eigenvalue weighted by atomic mass is 32.1. The molecule has 2 aromatic rings. The van der Waals surface area contributed by atoms with E-state index < -0.39 is 6.10 Å². The van der Waals surface area contributed by atoms with E-state index in [1.54, 1.807) is 6.07 Å². The monoisotopic (exact) mass is 238 g/mol. The molecular formula is C11H11FN2OS. The van der Waals surface area contributed by atoms with Crippen LogP contribution in [0.25, 0.3) is 0 Å². The van der Waals surface area contributed by atoms with Gasteiger partial charge in [-0.3, -0.25) is 0 Å². The third-order valence-electron chi connectivity index (χ3n) is 2.35. The zero-order valence-electron chi connectivity index (χ0n) is 8.64. The van der Waals surface area contributed by atoms with Gasteiger partial charge in [-0.15, -0.1) is 0 Å². The lowest BCUT2D eigenvalue weighted by molar-refractivity contribution is 0.222. The molecule has 0 aliphatic carbocycles. The van der Waals surface area contributed by atoms with E-state index >= 15 is 0 Å². The second-order valence-electron chi connectivity index (χ2n) is 3.50. The number of hydrogen-bond acceptors (Lipinski definition) is 4. The van der Waals surface area contributed by atoms with Crippen LogP contribution in [0.15, 0.2) is 24.4 Å². The lowest BCUT2D eigenvalue weighted by Crippen LogP contribution is -2.00. The molecule has 0 bridgehead atoms. The minimum Gasteiger partial charge on any atom is -0.383 e. The van der Waals surface area contributed by atoms with Gasteiger partial charge in [0.15, 0.2) is 5.13 Å². The number of nitrogens with zero attached hydrogens (tertiary/aromatic N) is 1. The van der Waals surface area contributed by atoms with E-state index in [1.165, 1.54) is 29.7 Å². The van der Waals surface area contributed by atoms with Gasteiger partial charge in [-0.25, -0.2) is 9.37 Å². The van der Waals surface area contributed by atoms with E-state index in [1.807, 2.05) is 6.92 Å². The maximum absolute atomic E-state index is 13.1. The first-order chi connectivity index (χ1) is 7.58. The van der Waals surface area contributed by atoms with Crippen LogP contribution < -0.4 is 5.73 Å². The van der Waals surface area contributed by atoms with Gasteiger partial charge in [0, 0.05) is 6.20 Å². The first-order valence-corrected chi connectivity index (χ1v) is 5.55. The minimum atomic E-state index is -0.870. The number of nitrogen functional groups attached to an aromatic ring is 1. The molecule has 2 rings (SSSR count). The number of aliphatic hydroxyl groups is 1. The topological polar surface area (TPSA) is 59.1 Å². The molecule has 0 amide bonds. The Hall–Kier alpha value is -1.46. The summed E-state index contributed by atoms with van der Waals surface area (Å²) < 4.78 is 13.1. The van der Waals surface area contributed by atoms with Crippen LogP contribution in [0, 0.1) is 12.7 Å². The molecule has 0 saturated heterocycles. The Morgan fingerprint density at radius 3 is 2.88 bits per heavy atom. The molecule has 0 aliphatic rings. The molecule has 0 radical (unpaired) electrons. The zero-order chi connectivity index (χ0) is 11.7. The number of halogens is 1. The smallest absolute Gasteiger partial charge is 0.180 e. The number of thiazole rings is 1. The first-order valence-electron chi connectivity index (χ1n) is 4.73. The fraction of sp³-hybridized carbons (Fsp3) is 0.182. The van der Waals surface area contributed by atoms with E-state index in [0.29, 0.717) is 15.6 Å². The number of hydrogen-bond donors (Lipinski definition) is 2. The van der Waals surface area contributed by atoms with Crippen molar-refractivity contribution in [1.29, 1.82) is 0 Å². The average Bonchev–Trinajstić information content (AvgIpc) is 2.67. The number of aryl methyl sites for hydroxylation is 1. The standard InChI is InChI=1S/C11H11FN2OS/c1-6-2-3-7(12)4-8(6)10(15)9-5-14-11(13)16-9/h2-5,10,15H,1H3,(H2,13,14). The van der Waals surface area contributed by atoms with Crippen molar-refractivity contribution in [3.8, 4) is 0 Å². The van der Waals surface area contributed by atoms with Crippen LogP contribution in [-0.4, -0.2) is 10.1 Å². The van der Waals surface area contributed by atoms with Crippen LogP contribution >= 0.6 is 11.3 Å². The normalized spacial score (nSPS) is 12.7. The molecule has 0 aliphatic heterocycles. The van der Waals surface area contributed by atoms with Crippen LogP contribution in [0.5, 0.6) is 0 Å². The van der Waals surface area contributed by atoms with Crippen molar-refractivity contribution in [3.05, 3.63) is 46.2 Å². The van der Waals surface area contributed by atoms with Gasteiger partial charge in [0.2, 0.25) is 0 Å². The van der Waals surface area contributed by atoms with E-state index in [4.69, 9.17) is 5.73 Å². The van der Waals surface area contributed by atoms with Gasteiger partial charge in [0.05, 0.1) is 4.88 Å². The third-order valence-corrected chi connectivity index (χ3v) is 3.23. The molecular weight excluding hydrogens is 227 g/mol. The second-order valence-corrected chi connectivity index (χ2v) is 4.60. The average molecular weight is 238 g/mol. The molecule has 0 fully saturated rings. The number of benzene rings is 1. The van der Waals surface area contributed by atoms with Crippen LogP contribution in [0.3, 0.4) is 0 Å². The van der Waals surface area contributed by atoms with Crippen molar-refractivity contribution >= 4 is 16.5 Å². The number of nitrogens with two attached hydrogens (primary N) is 1. The molecule has 3 nitrogen and oxygen atoms in total. The predicted molar refractivity (Wildman–Crippen MR) is 61.7 cm³/mol. The molecule has 16 heavy (non-hydrogen) atoms. The Bertz CT molecular complexity index is 512. The highest BCUT2D eigenvalue weighted by Gasteiger charge is 2.16. The molecule has 0 spiro atoms. The van der Waals surface area contributed by atoms with Gasteiger partial charge in [0.1, 0.15) is 11.9 Å². The fourth-order valence-corrected chi connectivity index (χ4v) is 2.18. The highest BCUT2D eigenvalue weighted by Crippen LogP contribution is 2.29. The summed E-state index contributed by atoms with van der Waals surface area (Å²) in [5.41, 5.74) is 6.86. The van der Waals surface area contributed by atoms with Gasteiger partial charge in [-0.1, -0.05) is 17.4 Å². The van der Waals surface area contributed by atoms with Gasteiger partial charge >= 0.3 is 0 Å². The van der Waals surface area contributed by atoms with Crippen LogP contribution in [0.2, 0.25) is 0 Å². The first kappa shape index (κ1) is 11.0. The van der Waals surface area contributed by atoms with Crippen LogP contribution in [0.1, 0.15) is 22.1 Å². The third kappa shape index (κ3) is 2.05. The molecule has 0 saturated carbocycles. The van der Waals surface area contributed by atoms with Crippen molar-refractivity contribution < 1.29 is 9.50 Å². The Labute approximate surface area is 96.4 Å². The SMILES string of the molecule is Cc1ccc(F)cc1C(O)c1cnc(N)s1. The lowest BCUT2D eigenvalue weighted by Gasteiger charge is -2.11. The molecule has 1 aromatic heterocycles. The van der Waals surface area contributed by atoms with Crippen LogP contribution in [0.4, 0.5) is 9.52 Å². The summed E-state index contributed by atoms with van der Waals surface area (Å²) in [6.45, 7) is 1.82. The minimum absolute atomic E-state index is 0.364. The Morgan fingerprint density at radius 1 is 1.50 bits per heavy atom. The van der Waals surface area contributed by atoms with Crippen molar-refractivity contribution in [2.24, 2.45) is 0 Å². The lowest BCUT2D eigenvalue weighted by atomic mass is 10.0. The molecule has 1 aromatic carbocycles. The Morgan fingerprint density at radius 2 is 2.25 bits per heavy atom. The van der Waals surface area contributed by atoms with E-state index in [9.17, 15) is 9.50 Å². The van der Waals surface area contributed by atoms with Gasteiger partial charge < -0.3 is 10.8 Å². The number of aliphatic hydroxyl groups excluding tert-OH is 1. The van der Waals surface area contributed by atoms with Crippen molar-refractivity contribution in [2.75, 3.05) is 5.73 Å². The summed E-state index contributed by atoms with van der Waals surface area (Å²) in [6.07, 6.45) is 0.639. The molecule has 1 atom stereocenters. The van der Waals surface area contributed by atoms with E-state index in [-0.39, 0.29) is 5.82 Å². The summed E-state index contributed by atoms with van der Waals surface area (Å²) >= 11 is 1.20. The zero-order valence-corrected chi connectivity index (χ0v) is 9.46. The van der Waals surface area contributed by atoms with Gasteiger partial charge in [-0.2, -0.15) is 0 Å². The van der Waals surface area contributed by atoms with Gasteiger partial charge in [-0.05, 0) is 30.2 Å². The summed E-state index contributed by atoms with van der Waals surface area (Å²) in [5.74, 6) is -0.364. The predicted octanol–water partition coefficient (Wildman–Crippen LogP) is 2.25. The second kappa shape index (κ2) is 4.19. The summed E-state index contributed by atoms with van der Waals surface area (Å²) in [6, 6.07) is 4.33. The van der Waals surface area contributed by atoms with Crippen molar-refractivity contribution in [3.63, 3.8) is 0 Å². The molecule has 1 heterocycles. The maximum Gasteiger partial charge on any atom is 0.180 e. The Balaban J connectivity index is 2.40. The summed E-state index contributed by atoms with van der Waals surface area (Å²) in [4.78, 5) is 4.47. The highest BCUT2D eigenvalue weighted by molar-refractivity contribution is 7.15. The molecule has 5 heteroatoms. The van der Waals surface area contributed by atoms with Crippen LogP contribution in [-0.2, 0) is 0 Å². The number of rotatable bonds is 2. The van der Waals surface area contributed by atoms with Crippen molar-refractivity contribution in [1.82, 2.24) is 4.98 Å². The molecule has 84 valence electrons.